The molecule has 24 heavy (non-hydrogen) atoms. The van der Waals surface area contributed by atoms with Crippen molar-refractivity contribution < 1.29 is 11.2 Å². The highest BCUT2D eigenvalue weighted by Crippen LogP contribution is 2.24. The predicted molar refractivity (Wildman–Crippen MR) is 105 cm³/mol. The highest BCUT2D eigenvalue weighted by molar-refractivity contribution is 6.47. The first-order valence-electron chi connectivity index (χ1n) is 8.01. The Morgan fingerprint density at radius 2 is 2.04 bits per heavy atom. The summed E-state index contributed by atoms with van der Waals surface area (Å²) < 4.78 is 5.76. The van der Waals surface area contributed by atoms with Crippen molar-refractivity contribution in [2.75, 3.05) is 5.32 Å². The summed E-state index contributed by atoms with van der Waals surface area (Å²) in [5, 5.41) is 13.5. The van der Waals surface area contributed by atoms with E-state index in [1.807, 2.05) is 32.9 Å². The second-order valence-electron chi connectivity index (χ2n) is 6.78. The van der Waals surface area contributed by atoms with Gasteiger partial charge in [-0.2, -0.15) is 0 Å². The molecular weight excluding hydrogens is 299 g/mol. The van der Waals surface area contributed by atoms with Crippen LogP contribution in [-0.4, -0.2) is 34.8 Å². The molecule has 0 fully saturated rings. The standard InChI is InChI=1S/C19H28BN2O2.H2/c1-8-10-15(9-2)14(3)22-17-11-16(12-21-13-17)20-24-19(6,7)18(4,5)23;/h8-14,22-23H,1-2H2,3-7H3;1H/b15-10+;/t14-;/m0./s1. The zero-order chi connectivity index (χ0) is 18.4. The summed E-state index contributed by atoms with van der Waals surface area (Å²) in [7, 11) is 1.62. The van der Waals surface area contributed by atoms with Crippen LogP contribution in [0, 0.1) is 0 Å². The molecule has 1 aromatic rings. The Morgan fingerprint density at radius 3 is 2.58 bits per heavy atom. The minimum atomic E-state index is -0.963. The summed E-state index contributed by atoms with van der Waals surface area (Å²) in [4.78, 5) is 4.23. The summed E-state index contributed by atoms with van der Waals surface area (Å²) in [5.41, 5.74) is 1.05. The molecular formula is C19H30BN2O2. The predicted octanol–water partition coefficient (Wildman–Crippen LogP) is 3.24. The zero-order valence-electron chi connectivity index (χ0n) is 15.3. The van der Waals surface area contributed by atoms with Gasteiger partial charge in [0, 0.05) is 19.9 Å². The molecule has 1 radical (unpaired) electrons. The molecule has 1 aromatic heterocycles. The van der Waals surface area contributed by atoms with E-state index < -0.39 is 11.2 Å². The van der Waals surface area contributed by atoms with E-state index in [-0.39, 0.29) is 7.47 Å². The smallest absolute Gasteiger partial charge is 0.332 e. The summed E-state index contributed by atoms with van der Waals surface area (Å²) in [6.45, 7) is 16.7. The third-order valence-corrected chi connectivity index (χ3v) is 4.15. The number of aliphatic hydroxyl groups is 1. The van der Waals surface area contributed by atoms with Gasteiger partial charge >= 0.3 is 7.48 Å². The van der Waals surface area contributed by atoms with E-state index in [0.29, 0.717) is 0 Å². The van der Waals surface area contributed by atoms with Crippen LogP contribution in [0.2, 0.25) is 0 Å². The minimum absolute atomic E-state index is 0. The molecule has 0 saturated carbocycles. The van der Waals surface area contributed by atoms with E-state index in [1.54, 1.807) is 45.9 Å². The van der Waals surface area contributed by atoms with Gasteiger partial charge in [-0.1, -0.05) is 31.4 Å². The molecule has 0 spiro atoms. The average Bonchev–Trinajstić information content (AvgIpc) is 2.50. The summed E-state index contributed by atoms with van der Waals surface area (Å²) >= 11 is 0. The van der Waals surface area contributed by atoms with E-state index in [4.69, 9.17) is 4.65 Å². The van der Waals surface area contributed by atoms with Gasteiger partial charge in [0.05, 0.1) is 16.9 Å². The van der Waals surface area contributed by atoms with Crippen LogP contribution in [0.5, 0.6) is 0 Å². The van der Waals surface area contributed by atoms with E-state index in [9.17, 15) is 5.11 Å². The van der Waals surface area contributed by atoms with Gasteiger partial charge in [0.15, 0.2) is 0 Å². The lowest BCUT2D eigenvalue weighted by Crippen LogP contribution is -2.49. The van der Waals surface area contributed by atoms with E-state index in [1.165, 1.54) is 0 Å². The lowest BCUT2D eigenvalue weighted by molar-refractivity contribution is -0.0893. The maximum Gasteiger partial charge on any atom is 0.332 e. The SMILES string of the molecule is C=C/C=C(\C=C)[C@H](C)Nc1cncc([B]OC(C)(C)C(C)(C)O)c1.[HH]. The van der Waals surface area contributed by atoms with Crippen molar-refractivity contribution in [3.63, 3.8) is 0 Å². The Kier molecular flexibility index (Phi) is 7.00. The highest BCUT2D eigenvalue weighted by Gasteiger charge is 2.35. The maximum atomic E-state index is 10.1. The summed E-state index contributed by atoms with van der Waals surface area (Å²) in [6, 6.07) is 2.02. The lowest BCUT2D eigenvalue weighted by Gasteiger charge is -2.37. The van der Waals surface area contributed by atoms with Gasteiger partial charge in [0.2, 0.25) is 0 Å². The molecule has 2 N–H and O–H groups in total. The Bertz CT molecular complexity index is 610. The zero-order valence-corrected chi connectivity index (χ0v) is 15.3. The third kappa shape index (κ3) is 5.66. The number of nitrogens with zero attached hydrogens (tertiary/aromatic N) is 1. The van der Waals surface area contributed by atoms with Crippen molar-refractivity contribution in [3.8, 4) is 0 Å². The molecule has 1 atom stereocenters. The number of nitrogens with one attached hydrogen (secondary N) is 1. The Morgan fingerprint density at radius 1 is 1.38 bits per heavy atom. The fourth-order valence-electron chi connectivity index (χ4n) is 1.82. The number of allylic oxidation sites excluding steroid dienone is 2. The van der Waals surface area contributed by atoms with Gasteiger partial charge in [-0.15, -0.1) is 0 Å². The molecule has 0 aliphatic rings. The van der Waals surface area contributed by atoms with Crippen molar-refractivity contribution in [2.45, 2.75) is 51.9 Å². The Labute approximate surface area is 148 Å². The van der Waals surface area contributed by atoms with Crippen molar-refractivity contribution in [3.05, 3.63) is 55.4 Å². The van der Waals surface area contributed by atoms with Crippen LogP contribution in [0.15, 0.2) is 55.4 Å². The average molecular weight is 329 g/mol. The maximum absolute atomic E-state index is 10.1. The first-order valence-corrected chi connectivity index (χ1v) is 8.01. The van der Waals surface area contributed by atoms with E-state index >= 15 is 0 Å². The molecule has 0 saturated heterocycles. The molecule has 5 heteroatoms. The van der Waals surface area contributed by atoms with Crippen LogP contribution >= 0.6 is 0 Å². The van der Waals surface area contributed by atoms with Crippen LogP contribution in [0.4, 0.5) is 5.69 Å². The molecule has 0 amide bonds. The van der Waals surface area contributed by atoms with E-state index in [2.05, 4.69) is 23.5 Å². The van der Waals surface area contributed by atoms with Crippen molar-refractivity contribution in [2.24, 2.45) is 0 Å². The first-order chi connectivity index (χ1) is 11.1. The normalized spacial score (nSPS) is 14.0. The number of anilines is 1. The quantitative estimate of drug-likeness (QED) is 0.539. The van der Waals surface area contributed by atoms with E-state index in [0.717, 1.165) is 16.7 Å². The van der Waals surface area contributed by atoms with Crippen molar-refractivity contribution >= 4 is 18.6 Å². The van der Waals surface area contributed by atoms with Crippen LogP contribution in [-0.2, 0) is 4.65 Å². The molecule has 131 valence electrons. The highest BCUT2D eigenvalue weighted by atomic mass is 16.5. The number of hydrogen-bond donors (Lipinski definition) is 2. The van der Waals surface area contributed by atoms with Gasteiger partial charge in [-0.25, -0.2) is 0 Å². The first kappa shape index (κ1) is 20.2. The molecule has 0 aliphatic heterocycles. The number of aromatic nitrogens is 1. The van der Waals surface area contributed by atoms with Gasteiger partial charge in [0.1, 0.15) is 0 Å². The van der Waals surface area contributed by atoms with Crippen LogP contribution < -0.4 is 10.8 Å². The Balaban J connectivity index is 0.00000576. The van der Waals surface area contributed by atoms with Gasteiger partial charge < -0.3 is 15.1 Å². The monoisotopic (exact) mass is 329 g/mol. The molecule has 0 unspecified atom stereocenters. The van der Waals surface area contributed by atoms with Gasteiger partial charge in [0.25, 0.3) is 0 Å². The molecule has 0 aromatic carbocycles. The summed E-state index contributed by atoms with van der Waals surface area (Å²) in [5.74, 6) is 0. The second kappa shape index (κ2) is 8.31. The molecule has 1 rings (SSSR count). The summed E-state index contributed by atoms with van der Waals surface area (Å²) in [6.07, 6.45) is 8.93. The minimum Gasteiger partial charge on any atom is -0.427 e. The second-order valence-corrected chi connectivity index (χ2v) is 6.78. The Hall–Kier alpha value is -1.85. The number of hydrogen-bond acceptors (Lipinski definition) is 4. The largest absolute Gasteiger partial charge is 0.427 e. The van der Waals surface area contributed by atoms with Gasteiger partial charge in [-0.3, -0.25) is 4.98 Å². The fourth-order valence-corrected chi connectivity index (χ4v) is 1.82. The topological polar surface area (TPSA) is 54.4 Å². The van der Waals surface area contributed by atoms with Crippen molar-refractivity contribution in [1.82, 2.24) is 4.98 Å². The van der Waals surface area contributed by atoms with Crippen LogP contribution in [0.25, 0.3) is 0 Å². The molecule has 1 heterocycles. The number of pyridine rings is 1. The molecule has 0 aliphatic carbocycles. The molecule has 4 nitrogen and oxygen atoms in total. The molecule has 0 bridgehead atoms. The fraction of sp³-hybridized carbons (Fsp3) is 0.421. The van der Waals surface area contributed by atoms with Gasteiger partial charge in [-0.05, 0) is 51.7 Å². The lowest BCUT2D eigenvalue weighted by atomic mass is 9.83. The number of rotatable bonds is 9. The van der Waals surface area contributed by atoms with Crippen LogP contribution in [0.3, 0.4) is 0 Å². The van der Waals surface area contributed by atoms with Crippen LogP contribution in [0.1, 0.15) is 36.0 Å². The third-order valence-electron chi connectivity index (χ3n) is 4.15. The van der Waals surface area contributed by atoms with Crippen molar-refractivity contribution in [1.29, 1.82) is 0 Å².